The molecule has 1 aliphatic rings. The zero-order chi connectivity index (χ0) is 18.4. The van der Waals surface area contributed by atoms with Gasteiger partial charge in [-0.2, -0.15) is 4.65 Å². The molecule has 1 aliphatic heterocycles. The minimum Gasteiger partial charge on any atom is -0.379 e. The van der Waals surface area contributed by atoms with E-state index in [2.05, 4.69) is 10.3 Å². The SMILES string of the molecule is O=c1c2ccccc2n2cnc3ccc(NCC[N+]4(O)CCOCC4)c1c32. The Labute approximate surface area is 155 Å². The predicted octanol–water partition coefficient (Wildman–Crippen LogP) is 2.09. The summed E-state index contributed by atoms with van der Waals surface area (Å²) in [4.78, 5) is 17.6. The first-order valence-corrected chi connectivity index (χ1v) is 9.21. The molecule has 0 saturated carbocycles. The monoisotopic (exact) mass is 365 g/mol. The molecule has 27 heavy (non-hydrogen) atoms. The second-order valence-corrected chi connectivity index (χ2v) is 7.12. The highest BCUT2D eigenvalue weighted by molar-refractivity contribution is 6.06. The fraction of sp³-hybridized carbons (Fsp3) is 0.300. The van der Waals surface area contributed by atoms with E-state index in [1.54, 1.807) is 6.33 Å². The van der Waals surface area contributed by atoms with Crippen LogP contribution in [0, 0.1) is 0 Å². The van der Waals surface area contributed by atoms with E-state index in [4.69, 9.17) is 4.74 Å². The van der Waals surface area contributed by atoms with Crippen LogP contribution in [0.15, 0.2) is 47.5 Å². The number of nitrogens with zero attached hydrogens (tertiary/aromatic N) is 3. The van der Waals surface area contributed by atoms with Crippen molar-refractivity contribution in [3.8, 4) is 0 Å². The fourth-order valence-electron chi connectivity index (χ4n) is 3.98. The largest absolute Gasteiger partial charge is 0.379 e. The standard InChI is InChI=1S/C20H20N4O3/c25-20-14-3-1-2-4-17(14)23-13-22-16-6-5-15(18(20)19(16)23)21-7-8-24(26)9-11-27-12-10-24/h1-6,13,26H,7-12H2/p+1. The lowest BCUT2D eigenvalue weighted by molar-refractivity contribution is -1.10. The molecule has 4 aromatic rings. The number of benzene rings is 2. The zero-order valence-corrected chi connectivity index (χ0v) is 14.9. The summed E-state index contributed by atoms with van der Waals surface area (Å²) in [5.41, 5.74) is 3.29. The number of para-hydroxylation sites is 1. The maximum Gasteiger partial charge on any atom is 0.199 e. The molecule has 1 saturated heterocycles. The third kappa shape index (κ3) is 2.63. The van der Waals surface area contributed by atoms with E-state index in [1.807, 2.05) is 40.8 Å². The Morgan fingerprint density at radius 1 is 1.19 bits per heavy atom. The van der Waals surface area contributed by atoms with Gasteiger partial charge in [-0.15, -0.1) is 0 Å². The van der Waals surface area contributed by atoms with Crippen LogP contribution in [0.5, 0.6) is 0 Å². The number of pyridine rings is 1. The molecule has 2 aromatic heterocycles. The Bertz CT molecular complexity index is 1180. The molecule has 3 heterocycles. The van der Waals surface area contributed by atoms with E-state index in [0.29, 0.717) is 50.2 Å². The summed E-state index contributed by atoms with van der Waals surface area (Å²) < 4.78 is 7.30. The fourth-order valence-corrected chi connectivity index (χ4v) is 3.98. The summed E-state index contributed by atoms with van der Waals surface area (Å²) in [6.07, 6.45) is 1.77. The van der Waals surface area contributed by atoms with E-state index in [9.17, 15) is 10.0 Å². The van der Waals surface area contributed by atoms with Crippen LogP contribution in [0.3, 0.4) is 0 Å². The smallest absolute Gasteiger partial charge is 0.199 e. The van der Waals surface area contributed by atoms with Crippen molar-refractivity contribution in [1.82, 2.24) is 9.38 Å². The molecule has 7 heteroatoms. The van der Waals surface area contributed by atoms with Gasteiger partial charge in [0.2, 0.25) is 0 Å². The number of fused-ring (bicyclic) bond motifs is 2. The van der Waals surface area contributed by atoms with Gasteiger partial charge in [0.15, 0.2) is 5.43 Å². The molecule has 0 amide bonds. The molecule has 0 atom stereocenters. The average molecular weight is 365 g/mol. The number of nitrogens with one attached hydrogen (secondary N) is 1. The Morgan fingerprint density at radius 2 is 2.00 bits per heavy atom. The first kappa shape index (κ1) is 16.4. The first-order valence-electron chi connectivity index (χ1n) is 9.21. The highest BCUT2D eigenvalue weighted by Gasteiger charge is 2.28. The summed E-state index contributed by atoms with van der Waals surface area (Å²) in [7, 11) is 0. The molecule has 2 N–H and O–H groups in total. The molecule has 7 nitrogen and oxygen atoms in total. The number of rotatable bonds is 4. The summed E-state index contributed by atoms with van der Waals surface area (Å²) in [5.74, 6) is 0. The van der Waals surface area contributed by atoms with Gasteiger partial charge in [0.25, 0.3) is 0 Å². The van der Waals surface area contributed by atoms with Gasteiger partial charge in [-0.05, 0) is 24.3 Å². The number of imidazole rings is 1. The Morgan fingerprint density at radius 3 is 2.85 bits per heavy atom. The van der Waals surface area contributed by atoms with Crippen LogP contribution in [0.2, 0.25) is 0 Å². The molecule has 0 spiro atoms. The molecule has 2 aromatic carbocycles. The molecule has 0 radical (unpaired) electrons. The van der Waals surface area contributed by atoms with Crippen molar-refractivity contribution in [2.45, 2.75) is 0 Å². The lowest BCUT2D eigenvalue weighted by Gasteiger charge is -2.33. The van der Waals surface area contributed by atoms with Crippen molar-refractivity contribution in [1.29, 1.82) is 0 Å². The van der Waals surface area contributed by atoms with Crippen LogP contribution in [0.4, 0.5) is 5.69 Å². The predicted molar refractivity (Wildman–Crippen MR) is 104 cm³/mol. The molecular formula is C20H21N4O3+. The number of hydrogen-bond acceptors (Lipinski definition) is 5. The van der Waals surface area contributed by atoms with Gasteiger partial charge in [0, 0.05) is 11.1 Å². The third-order valence-corrected chi connectivity index (χ3v) is 5.49. The van der Waals surface area contributed by atoms with Crippen LogP contribution < -0.4 is 10.7 Å². The minimum absolute atomic E-state index is 0.000704. The molecule has 138 valence electrons. The first-order chi connectivity index (χ1) is 13.2. The molecule has 5 rings (SSSR count). The van der Waals surface area contributed by atoms with Gasteiger partial charge < -0.3 is 10.1 Å². The van der Waals surface area contributed by atoms with Gasteiger partial charge in [-0.25, -0.2) is 10.2 Å². The number of ether oxygens (including phenoxy) is 1. The topological polar surface area (TPSA) is 75.9 Å². The number of anilines is 1. The van der Waals surface area contributed by atoms with Crippen molar-refractivity contribution < 1.29 is 14.6 Å². The van der Waals surface area contributed by atoms with Crippen molar-refractivity contribution in [2.24, 2.45) is 0 Å². The minimum atomic E-state index is -0.000704. The maximum atomic E-state index is 13.2. The summed E-state index contributed by atoms with van der Waals surface area (Å²) in [5, 5.41) is 15.3. The summed E-state index contributed by atoms with van der Waals surface area (Å²) >= 11 is 0. The Balaban J connectivity index is 1.56. The summed E-state index contributed by atoms with van der Waals surface area (Å²) in [6.45, 7) is 3.45. The van der Waals surface area contributed by atoms with E-state index in [0.717, 1.165) is 22.2 Å². The lowest BCUT2D eigenvalue weighted by Crippen LogP contribution is -2.54. The van der Waals surface area contributed by atoms with Crippen molar-refractivity contribution in [3.05, 3.63) is 52.9 Å². The van der Waals surface area contributed by atoms with Crippen molar-refractivity contribution in [2.75, 3.05) is 44.7 Å². The number of quaternary nitrogens is 1. The van der Waals surface area contributed by atoms with Gasteiger partial charge in [0.1, 0.15) is 26.0 Å². The van der Waals surface area contributed by atoms with Gasteiger partial charge in [0.05, 0.1) is 41.7 Å². The Kier molecular flexibility index (Phi) is 3.75. The van der Waals surface area contributed by atoms with Crippen LogP contribution in [0.1, 0.15) is 0 Å². The van der Waals surface area contributed by atoms with E-state index in [-0.39, 0.29) is 10.1 Å². The zero-order valence-electron chi connectivity index (χ0n) is 14.9. The van der Waals surface area contributed by atoms with Crippen LogP contribution >= 0.6 is 0 Å². The molecule has 1 fully saturated rings. The highest BCUT2D eigenvalue weighted by Crippen LogP contribution is 2.28. The number of hydrogen-bond donors (Lipinski definition) is 2. The molecule has 0 bridgehead atoms. The Hall–Kier alpha value is -2.74. The molecular weight excluding hydrogens is 344 g/mol. The van der Waals surface area contributed by atoms with Gasteiger partial charge >= 0.3 is 0 Å². The average Bonchev–Trinajstić information content (AvgIpc) is 3.12. The van der Waals surface area contributed by atoms with E-state index >= 15 is 0 Å². The normalized spacial score (nSPS) is 17.1. The third-order valence-electron chi connectivity index (χ3n) is 5.49. The molecule has 0 unspecified atom stereocenters. The van der Waals surface area contributed by atoms with E-state index in [1.165, 1.54) is 0 Å². The van der Waals surface area contributed by atoms with Crippen molar-refractivity contribution >= 4 is 33.0 Å². The quantitative estimate of drug-likeness (QED) is 0.428. The maximum absolute atomic E-state index is 13.2. The van der Waals surface area contributed by atoms with E-state index < -0.39 is 0 Å². The summed E-state index contributed by atoms with van der Waals surface area (Å²) in [6, 6.07) is 11.4. The second kappa shape index (κ2) is 6.16. The number of morpholine rings is 1. The molecule has 0 aliphatic carbocycles. The van der Waals surface area contributed by atoms with Gasteiger partial charge in [-0.1, -0.05) is 12.1 Å². The van der Waals surface area contributed by atoms with Crippen molar-refractivity contribution in [3.63, 3.8) is 0 Å². The van der Waals surface area contributed by atoms with Gasteiger partial charge in [-0.3, -0.25) is 9.20 Å². The number of aromatic nitrogens is 2. The second-order valence-electron chi connectivity index (χ2n) is 7.12. The van der Waals surface area contributed by atoms with Crippen LogP contribution in [0.25, 0.3) is 27.3 Å². The van der Waals surface area contributed by atoms with Crippen LogP contribution in [-0.2, 0) is 4.74 Å². The highest BCUT2D eigenvalue weighted by atomic mass is 16.6. The number of hydroxylamine groups is 3. The van der Waals surface area contributed by atoms with Crippen LogP contribution in [-0.4, -0.2) is 58.6 Å². The lowest BCUT2D eigenvalue weighted by atomic mass is 10.1.